The lowest BCUT2D eigenvalue weighted by molar-refractivity contribution is -0.161. The number of ether oxygens (including phenoxy) is 3. The molecule has 0 fully saturated rings. The zero-order valence-electron chi connectivity index (χ0n) is 64.8. The van der Waals surface area contributed by atoms with Crippen LogP contribution in [-0.4, -0.2) is 95.9 Å². The molecule has 0 bridgehead atoms. The maximum Gasteiger partial charge on any atom is 0.472 e. The molecular formula is C87H140O16P2. The predicted molar refractivity (Wildman–Crippen MR) is 435 cm³/mol. The summed E-state index contributed by atoms with van der Waals surface area (Å²) in [4.78, 5) is 58.7. The van der Waals surface area contributed by atoms with Crippen LogP contribution in [0.15, 0.2) is 194 Å². The minimum Gasteiger partial charge on any atom is -0.463 e. The molecule has 5 atom stereocenters. The number of esters is 3. The Morgan fingerprint density at radius 2 is 0.476 bits per heavy atom. The highest BCUT2D eigenvalue weighted by Crippen LogP contribution is 2.45. The third-order valence-electron chi connectivity index (χ3n) is 15.8. The highest BCUT2D eigenvalue weighted by atomic mass is 31.2. The van der Waals surface area contributed by atoms with Crippen molar-refractivity contribution in [3.63, 3.8) is 0 Å². The molecule has 0 saturated carbocycles. The van der Waals surface area contributed by atoms with Crippen molar-refractivity contribution in [3.05, 3.63) is 194 Å². The number of hydrogen-bond donors (Lipinski definition) is 4. The molecule has 0 amide bonds. The van der Waals surface area contributed by atoms with Gasteiger partial charge in [0.1, 0.15) is 25.4 Å². The van der Waals surface area contributed by atoms with Crippen LogP contribution in [0.5, 0.6) is 0 Å². The zero-order valence-corrected chi connectivity index (χ0v) is 66.6. The molecule has 0 heterocycles. The number of hydrogen-bond acceptors (Lipinski definition) is 14. The number of carbonyl (C=O) groups is 3. The van der Waals surface area contributed by atoms with E-state index in [2.05, 4.69) is 215 Å². The number of carbonyl (C=O) groups excluding carboxylic acids is 3. The molecule has 0 aromatic heterocycles. The summed E-state index contributed by atoms with van der Waals surface area (Å²) in [6, 6.07) is 0. The van der Waals surface area contributed by atoms with Crippen molar-refractivity contribution in [3.8, 4) is 0 Å². The third-order valence-corrected chi connectivity index (χ3v) is 17.7. The first kappa shape index (κ1) is 99.4. The first-order valence-corrected chi connectivity index (χ1v) is 42.7. The molecule has 0 aliphatic heterocycles. The number of unbranched alkanes of at least 4 members (excludes halogenated alkanes) is 18. The molecular weight excluding hydrogens is 1360 g/mol. The number of allylic oxidation sites excluding steroid dienone is 32. The summed E-state index contributed by atoms with van der Waals surface area (Å²) in [6.45, 7) is 2.23. The van der Waals surface area contributed by atoms with E-state index in [0.717, 1.165) is 167 Å². The Morgan fingerprint density at radius 3 is 0.762 bits per heavy atom. The third kappa shape index (κ3) is 79.3. The Morgan fingerprint density at radius 1 is 0.267 bits per heavy atom. The van der Waals surface area contributed by atoms with E-state index in [1.807, 2.05) is 0 Å². The van der Waals surface area contributed by atoms with Gasteiger partial charge >= 0.3 is 33.6 Å². The maximum absolute atomic E-state index is 13.0. The van der Waals surface area contributed by atoms with Crippen molar-refractivity contribution in [1.29, 1.82) is 0 Å². The second kappa shape index (κ2) is 78.0. The van der Waals surface area contributed by atoms with Crippen LogP contribution in [0.1, 0.15) is 278 Å². The zero-order chi connectivity index (χ0) is 76.6. The van der Waals surface area contributed by atoms with Crippen LogP contribution < -0.4 is 0 Å². The fourth-order valence-corrected chi connectivity index (χ4v) is 11.4. The molecule has 16 nitrogen and oxygen atoms in total. The molecule has 0 aliphatic carbocycles. The fraction of sp³-hybridized carbons (Fsp3) is 0.598. The van der Waals surface area contributed by atoms with Crippen LogP contribution in [0.2, 0.25) is 0 Å². The Labute approximate surface area is 636 Å². The second-order valence-electron chi connectivity index (χ2n) is 25.7. The quantitative estimate of drug-likeness (QED) is 0.0146. The topological polar surface area (TPSA) is 231 Å². The second-order valence-corrected chi connectivity index (χ2v) is 28.6. The average molecular weight is 1500 g/mol. The smallest absolute Gasteiger partial charge is 0.463 e. The summed E-state index contributed by atoms with van der Waals surface area (Å²) in [7, 11) is -9.83. The lowest BCUT2D eigenvalue weighted by Crippen LogP contribution is -2.30. The Balaban J connectivity index is 4.62. The van der Waals surface area contributed by atoms with E-state index in [-0.39, 0.29) is 19.3 Å². The molecule has 0 saturated heterocycles. The van der Waals surface area contributed by atoms with Crippen LogP contribution in [-0.2, 0) is 55.8 Å². The summed E-state index contributed by atoms with van der Waals surface area (Å²) >= 11 is 0. The van der Waals surface area contributed by atoms with Gasteiger partial charge in [-0.15, -0.1) is 0 Å². The Bertz CT molecular complexity index is 2690. The predicted octanol–water partition coefficient (Wildman–Crippen LogP) is 23.5. The van der Waals surface area contributed by atoms with Crippen LogP contribution in [0, 0.1) is 0 Å². The number of phosphoric acid groups is 2. The molecule has 4 N–H and O–H groups in total. The van der Waals surface area contributed by atoms with Gasteiger partial charge in [0.05, 0.1) is 26.4 Å². The lowest BCUT2D eigenvalue weighted by atomic mass is 10.0. The van der Waals surface area contributed by atoms with Crippen molar-refractivity contribution in [2.45, 2.75) is 296 Å². The molecule has 0 aromatic rings. The molecule has 0 spiro atoms. The van der Waals surface area contributed by atoms with Crippen molar-refractivity contribution in [2.24, 2.45) is 0 Å². The average Bonchev–Trinajstić information content (AvgIpc) is 0.915. The van der Waals surface area contributed by atoms with Gasteiger partial charge < -0.3 is 34.2 Å². The van der Waals surface area contributed by atoms with E-state index in [9.17, 15) is 43.5 Å². The fourth-order valence-electron chi connectivity index (χ4n) is 9.86. The summed E-state index contributed by atoms with van der Waals surface area (Å²) in [5.41, 5.74) is 0. The number of phosphoric ester groups is 2. The van der Waals surface area contributed by atoms with E-state index in [0.29, 0.717) is 19.3 Å². The number of aliphatic hydroxyl groups is 2. The molecule has 0 rings (SSSR count). The van der Waals surface area contributed by atoms with Gasteiger partial charge in [0.2, 0.25) is 0 Å². The minimum atomic E-state index is -4.96. The van der Waals surface area contributed by atoms with Gasteiger partial charge in [-0.25, -0.2) is 9.13 Å². The van der Waals surface area contributed by atoms with E-state index < -0.39 is 91.5 Å². The molecule has 0 radical (unpaired) electrons. The normalized spacial score (nSPS) is 15.0. The first-order chi connectivity index (χ1) is 51.2. The van der Waals surface area contributed by atoms with Crippen molar-refractivity contribution in [1.82, 2.24) is 0 Å². The lowest BCUT2D eigenvalue weighted by Gasteiger charge is -2.21. The molecule has 594 valence electrons. The number of rotatable bonds is 73. The van der Waals surface area contributed by atoms with Gasteiger partial charge in [0.25, 0.3) is 0 Å². The highest BCUT2D eigenvalue weighted by Gasteiger charge is 2.29. The van der Waals surface area contributed by atoms with Gasteiger partial charge in [-0.05, 0) is 161 Å². The SMILES string of the molecule is CC/C=C\C/C=C\C/C=C\C/C=C\C/C=C\C/C=C\CCCCCCCCCCCCCCC(=O)OCC(O)COP(=O)(O)OCC(O)COP(=O)(O)OCC(COC(=O)CCCCC/C=C\C/C=C\C/C=C\C/C=C\C/C=C\CC)OC(=O)CCCCC/C=C\C/C=C\C/C=C\C/C=C\C/C=C\CC. The largest absolute Gasteiger partial charge is 0.472 e. The van der Waals surface area contributed by atoms with E-state index in [1.165, 1.54) is 51.4 Å². The van der Waals surface area contributed by atoms with E-state index in [1.54, 1.807) is 0 Å². The van der Waals surface area contributed by atoms with Crippen LogP contribution in [0.4, 0.5) is 0 Å². The summed E-state index contributed by atoms with van der Waals surface area (Å²) in [5.74, 6) is -1.67. The Hall–Kier alpha value is -5.61. The number of aliphatic hydroxyl groups excluding tert-OH is 2. The van der Waals surface area contributed by atoms with Crippen LogP contribution in [0.3, 0.4) is 0 Å². The monoisotopic (exact) mass is 1500 g/mol. The standard InChI is InChI=1S/C87H140O16P2/c1-4-7-10-13-16-19-22-25-28-31-34-35-36-37-38-39-40-41-42-43-44-45-48-50-52-55-58-61-64-67-70-73-85(90)97-76-82(88)77-99-104(93,94)100-78-83(89)79-101-105(95,96)102-81-84(103-87(92)75-72-69-66-63-60-57-54-51-47-33-30-27-24-21-18-15-12-9-6-3)80-98-86(91)74-71-68-65-62-59-56-53-49-46-32-29-26-23-20-17-14-11-8-5-2/h7-12,16-21,25-30,34-35,37-38,40-41,46-47,49,51,56-57,59-60,82-84,88-89H,4-6,13-15,22-24,31-33,36,39,42-45,48,50,52-55,58,61-81H2,1-3H3,(H,93,94)(H,95,96)/b10-7-,11-8-,12-9-,19-16-,20-17-,21-18-,28-25-,29-26-,30-27-,35-34-,38-37-,41-40-,49-46-,51-47-,59-56-,60-57-. The van der Waals surface area contributed by atoms with E-state index >= 15 is 0 Å². The van der Waals surface area contributed by atoms with Gasteiger partial charge in [-0.2, -0.15) is 0 Å². The molecule has 0 aliphatic rings. The summed E-state index contributed by atoms with van der Waals surface area (Å²) in [6.07, 6.45) is 102. The van der Waals surface area contributed by atoms with Gasteiger partial charge in [0, 0.05) is 19.3 Å². The van der Waals surface area contributed by atoms with Crippen LogP contribution in [0.25, 0.3) is 0 Å². The van der Waals surface area contributed by atoms with Gasteiger partial charge in [-0.1, -0.05) is 292 Å². The molecule has 105 heavy (non-hydrogen) atoms. The van der Waals surface area contributed by atoms with E-state index in [4.69, 9.17) is 32.3 Å². The van der Waals surface area contributed by atoms with Crippen molar-refractivity contribution in [2.75, 3.05) is 39.6 Å². The highest BCUT2D eigenvalue weighted by molar-refractivity contribution is 7.47. The van der Waals surface area contributed by atoms with Gasteiger partial charge in [0.15, 0.2) is 6.10 Å². The maximum atomic E-state index is 13.0. The summed E-state index contributed by atoms with van der Waals surface area (Å²) < 4.78 is 61.1. The minimum absolute atomic E-state index is 0.0501. The van der Waals surface area contributed by atoms with Gasteiger partial charge in [-0.3, -0.25) is 32.5 Å². The van der Waals surface area contributed by atoms with Crippen molar-refractivity contribution < 1.29 is 75.8 Å². The van der Waals surface area contributed by atoms with Crippen LogP contribution >= 0.6 is 15.6 Å². The Kier molecular flexibility index (Phi) is 73.8. The summed E-state index contributed by atoms with van der Waals surface area (Å²) in [5, 5.41) is 20.7. The van der Waals surface area contributed by atoms with Crippen molar-refractivity contribution >= 4 is 33.6 Å². The molecule has 0 aromatic carbocycles. The molecule has 5 unspecified atom stereocenters. The first-order valence-electron chi connectivity index (χ1n) is 39.7. The molecule has 18 heteroatoms.